The van der Waals surface area contributed by atoms with Gasteiger partial charge in [0.2, 0.25) is 0 Å². The summed E-state index contributed by atoms with van der Waals surface area (Å²) >= 11 is 0. The van der Waals surface area contributed by atoms with Crippen LogP contribution in [0.4, 0.5) is 26.3 Å². The Labute approximate surface area is 122 Å². The molecule has 0 aliphatic rings. The molecule has 1 rings (SSSR count). The first-order valence-corrected chi connectivity index (χ1v) is 6.17. The SMILES string of the molecule is Cc1cc(C)c(C(=O)CC(O)(C(F)(F)F)C(F)(F)F)c(C)c1. The zero-order valence-electron chi connectivity index (χ0n) is 12.0. The maximum absolute atomic E-state index is 12.6. The smallest absolute Gasteiger partial charge is 0.373 e. The number of carbonyl (C=O) groups is 1. The van der Waals surface area contributed by atoms with Gasteiger partial charge >= 0.3 is 12.4 Å². The highest BCUT2D eigenvalue weighted by molar-refractivity contribution is 5.99. The van der Waals surface area contributed by atoms with Gasteiger partial charge in [-0.2, -0.15) is 26.3 Å². The van der Waals surface area contributed by atoms with Crippen LogP contribution in [-0.2, 0) is 0 Å². The van der Waals surface area contributed by atoms with Crippen LogP contribution in [0.2, 0.25) is 0 Å². The lowest BCUT2D eigenvalue weighted by atomic mass is 9.88. The first-order valence-electron chi connectivity index (χ1n) is 6.17. The number of alkyl halides is 6. The van der Waals surface area contributed by atoms with Crippen molar-refractivity contribution in [3.05, 3.63) is 34.4 Å². The van der Waals surface area contributed by atoms with Crippen molar-refractivity contribution in [1.82, 2.24) is 0 Å². The van der Waals surface area contributed by atoms with E-state index in [1.165, 1.54) is 26.0 Å². The third kappa shape index (κ3) is 3.26. The molecule has 0 saturated carbocycles. The molecule has 0 radical (unpaired) electrons. The number of Topliss-reactive ketones (excluding diaryl/α,β-unsaturated/α-hetero) is 1. The van der Waals surface area contributed by atoms with Gasteiger partial charge in [0.1, 0.15) is 0 Å². The summed E-state index contributed by atoms with van der Waals surface area (Å²) in [5.74, 6) is -1.41. The number of rotatable bonds is 3. The Balaban J connectivity index is 3.31. The van der Waals surface area contributed by atoms with E-state index < -0.39 is 30.2 Å². The zero-order chi connectivity index (χ0) is 17.5. The van der Waals surface area contributed by atoms with E-state index in [2.05, 4.69) is 0 Å². The second-order valence-corrected chi connectivity index (χ2v) is 5.23. The lowest BCUT2D eigenvalue weighted by Gasteiger charge is -2.32. The van der Waals surface area contributed by atoms with Crippen LogP contribution in [0.15, 0.2) is 12.1 Å². The number of hydrogen-bond acceptors (Lipinski definition) is 2. The normalized spacial score (nSPS) is 13.4. The number of halogens is 6. The number of hydrogen-bond donors (Lipinski definition) is 1. The lowest BCUT2D eigenvalue weighted by molar-refractivity contribution is -0.365. The number of benzene rings is 1. The van der Waals surface area contributed by atoms with Crippen molar-refractivity contribution in [1.29, 1.82) is 0 Å². The molecule has 0 heterocycles. The Bertz CT molecular complexity index is 549. The highest BCUT2D eigenvalue weighted by Gasteiger charge is 2.70. The van der Waals surface area contributed by atoms with E-state index in [1.54, 1.807) is 6.92 Å². The summed E-state index contributed by atoms with van der Waals surface area (Å²) in [6, 6.07) is 2.95. The quantitative estimate of drug-likeness (QED) is 0.672. The number of aryl methyl sites for hydroxylation is 3. The molecule has 8 heteroatoms. The van der Waals surface area contributed by atoms with Crippen LogP contribution in [0.5, 0.6) is 0 Å². The topological polar surface area (TPSA) is 37.3 Å². The molecule has 1 aromatic carbocycles. The van der Waals surface area contributed by atoms with Crippen LogP contribution >= 0.6 is 0 Å². The van der Waals surface area contributed by atoms with E-state index in [-0.39, 0.29) is 16.7 Å². The average Bonchev–Trinajstić information content (AvgIpc) is 2.23. The van der Waals surface area contributed by atoms with Crippen molar-refractivity contribution in [3.63, 3.8) is 0 Å². The molecule has 0 atom stereocenters. The zero-order valence-corrected chi connectivity index (χ0v) is 12.0. The lowest BCUT2D eigenvalue weighted by Crippen LogP contribution is -2.58. The fourth-order valence-electron chi connectivity index (χ4n) is 2.30. The second-order valence-electron chi connectivity index (χ2n) is 5.23. The molecule has 0 aromatic heterocycles. The third-order valence-electron chi connectivity index (χ3n) is 3.31. The maximum Gasteiger partial charge on any atom is 0.426 e. The highest BCUT2D eigenvalue weighted by Crippen LogP contribution is 2.46. The van der Waals surface area contributed by atoms with Crippen molar-refractivity contribution in [2.75, 3.05) is 0 Å². The van der Waals surface area contributed by atoms with Crippen LogP contribution < -0.4 is 0 Å². The van der Waals surface area contributed by atoms with Gasteiger partial charge in [0, 0.05) is 5.56 Å². The number of carbonyl (C=O) groups excluding carboxylic acids is 1. The largest absolute Gasteiger partial charge is 0.426 e. The van der Waals surface area contributed by atoms with Gasteiger partial charge in [0.05, 0.1) is 6.42 Å². The van der Waals surface area contributed by atoms with Gasteiger partial charge in [-0.25, -0.2) is 0 Å². The Morgan fingerprint density at radius 2 is 1.32 bits per heavy atom. The summed E-state index contributed by atoms with van der Waals surface area (Å²) in [5, 5.41) is 9.08. The number of ketones is 1. The van der Waals surface area contributed by atoms with Crippen molar-refractivity contribution in [3.8, 4) is 0 Å². The van der Waals surface area contributed by atoms with Gasteiger partial charge in [0.15, 0.2) is 5.78 Å². The molecule has 1 aromatic rings. The number of aliphatic hydroxyl groups is 1. The molecule has 0 spiro atoms. The Hall–Kier alpha value is -1.57. The third-order valence-corrected chi connectivity index (χ3v) is 3.31. The highest BCUT2D eigenvalue weighted by atomic mass is 19.4. The van der Waals surface area contributed by atoms with E-state index in [9.17, 15) is 31.1 Å². The minimum atomic E-state index is -6.01. The summed E-state index contributed by atoms with van der Waals surface area (Å²) in [6.07, 6.45) is -14.1. The van der Waals surface area contributed by atoms with E-state index in [4.69, 9.17) is 5.11 Å². The van der Waals surface area contributed by atoms with Crippen molar-refractivity contribution in [2.45, 2.75) is 45.1 Å². The van der Waals surface area contributed by atoms with Crippen LogP contribution in [0.1, 0.15) is 33.5 Å². The van der Waals surface area contributed by atoms with E-state index in [0.717, 1.165) is 0 Å². The predicted octanol–water partition coefficient (Wildman–Crippen LogP) is 4.04. The molecule has 2 nitrogen and oxygen atoms in total. The van der Waals surface area contributed by atoms with Gasteiger partial charge in [-0.1, -0.05) is 17.7 Å². The summed E-state index contributed by atoms with van der Waals surface area (Å²) in [5.41, 5.74) is -4.07. The van der Waals surface area contributed by atoms with Gasteiger partial charge in [-0.15, -0.1) is 0 Å². The molecule has 0 aliphatic heterocycles. The molecule has 0 aliphatic carbocycles. The summed E-state index contributed by atoms with van der Waals surface area (Å²) in [6.45, 7) is 4.50. The molecule has 1 N–H and O–H groups in total. The molecular formula is C14H14F6O2. The molecule has 0 fully saturated rings. The van der Waals surface area contributed by atoms with Gasteiger partial charge in [0.25, 0.3) is 5.60 Å². The predicted molar refractivity (Wildman–Crippen MR) is 66.7 cm³/mol. The maximum atomic E-state index is 12.6. The van der Waals surface area contributed by atoms with E-state index in [1.807, 2.05) is 0 Å². The molecule has 0 unspecified atom stereocenters. The standard InChI is InChI=1S/C14H14F6O2/c1-7-4-8(2)11(9(3)5-7)10(21)6-12(22,13(15,16)17)14(18,19)20/h4-5,22H,6H2,1-3H3. The van der Waals surface area contributed by atoms with Gasteiger partial charge < -0.3 is 5.11 Å². The summed E-state index contributed by atoms with van der Waals surface area (Å²) in [7, 11) is 0. The molecule has 124 valence electrons. The van der Waals surface area contributed by atoms with Crippen LogP contribution in [-0.4, -0.2) is 28.8 Å². The second kappa shape index (κ2) is 5.57. The van der Waals surface area contributed by atoms with Crippen LogP contribution in [0.25, 0.3) is 0 Å². The molecule has 22 heavy (non-hydrogen) atoms. The summed E-state index contributed by atoms with van der Waals surface area (Å²) in [4.78, 5) is 11.9. The van der Waals surface area contributed by atoms with Gasteiger partial charge in [-0.3, -0.25) is 4.79 Å². The molecule has 0 amide bonds. The van der Waals surface area contributed by atoms with Crippen molar-refractivity contribution < 1.29 is 36.2 Å². The average molecular weight is 328 g/mol. The Morgan fingerprint density at radius 1 is 0.955 bits per heavy atom. The fourth-order valence-corrected chi connectivity index (χ4v) is 2.30. The first kappa shape index (κ1) is 18.5. The molecule has 0 saturated heterocycles. The minimum Gasteiger partial charge on any atom is -0.373 e. The first-order chi connectivity index (χ1) is 9.70. The fraction of sp³-hybridized carbons (Fsp3) is 0.500. The molecular weight excluding hydrogens is 314 g/mol. The van der Waals surface area contributed by atoms with Crippen LogP contribution in [0, 0.1) is 20.8 Å². The van der Waals surface area contributed by atoms with Crippen molar-refractivity contribution in [2.24, 2.45) is 0 Å². The molecule has 0 bridgehead atoms. The summed E-state index contributed by atoms with van der Waals surface area (Å²) < 4.78 is 75.7. The monoisotopic (exact) mass is 328 g/mol. The minimum absolute atomic E-state index is 0.238. The van der Waals surface area contributed by atoms with Crippen molar-refractivity contribution >= 4 is 5.78 Å². The Kier molecular flexibility index (Phi) is 4.68. The van der Waals surface area contributed by atoms with Gasteiger partial charge in [-0.05, 0) is 31.9 Å². The van der Waals surface area contributed by atoms with Crippen LogP contribution in [0.3, 0.4) is 0 Å². The Morgan fingerprint density at radius 3 is 1.64 bits per heavy atom. The van der Waals surface area contributed by atoms with E-state index in [0.29, 0.717) is 5.56 Å². The van der Waals surface area contributed by atoms with E-state index >= 15 is 0 Å².